The van der Waals surface area contributed by atoms with Crippen molar-refractivity contribution in [1.29, 1.82) is 0 Å². The van der Waals surface area contributed by atoms with Gasteiger partial charge in [0.15, 0.2) is 0 Å². The highest BCUT2D eigenvalue weighted by Gasteiger charge is 2.24. The minimum Gasteiger partial charge on any atom is -0.372 e. The summed E-state index contributed by atoms with van der Waals surface area (Å²) in [6.45, 7) is 9.43. The van der Waals surface area contributed by atoms with Crippen LogP contribution in [-0.4, -0.2) is 42.9 Å². The lowest BCUT2D eigenvalue weighted by Gasteiger charge is -2.22. The van der Waals surface area contributed by atoms with Crippen molar-refractivity contribution in [3.63, 3.8) is 0 Å². The number of hydrogen-bond donors (Lipinski definition) is 1. The van der Waals surface area contributed by atoms with Gasteiger partial charge in [-0.15, -0.1) is 0 Å². The van der Waals surface area contributed by atoms with Crippen LogP contribution < -0.4 is 10.2 Å². The number of carbonyl (C=O) groups excluding carboxylic acids is 2. The second-order valence-electron chi connectivity index (χ2n) is 5.62. The van der Waals surface area contributed by atoms with E-state index in [-0.39, 0.29) is 0 Å². The zero-order valence-electron chi connectivity index (χ0n) is 13.7. The van der Waals surface area contributed by atoms with Crippen LogP contribution >= 0.6 is 0 Å². The minimum absolute atomic E-state index is 0.426. The van der Waals surface area contributed by atoms with E-state index >= 15 is 0 Å². The predicted octanol–water partition coefficient (Wildman–Crippen LogP) is 2.40. The molecule has 0 atom stereocenters. The highest BCUT2D eigenvalue weighted by Crippen LogP contribution is 2.22. The molecule has 2 amide bonds. The number of likely N-dealkylation sites (tertiary alicyclic amines) is 1. The van der Waals surface area contributed by atoms with E-state index in [2.05, 4.69) is 24.1 Å². The van der Waals surface area contributed by atoms with Crippen LogP contribution in [-0.2, 0) is 9.59 Å². The average molecular weight is 303 g/mol. The number of aryl methyl sites for hydroxylation is 1. The Bertz CT molecular complexity index is 547. The zero-order chi connectivity index (χ0) is 16.1. The summed E-state index contributed by atoms with van der Waals surface area (Å²) in [6.07, 6.45) is 1.97. The summed E-state index contributed by atoms with van der Waals surface area (Å²) in [5.74, 6) is -0.967. The van der Waals surface area contributed by atoms with Gasteiger partial charge in [0.25, 0.3) is 0 Å². The van der Waals surface area contributed by atoms with Crippen molar-refractivity contribution in [2.24, 2.45) is 0 Å². The van der Waals surface area contributed by atoms with Gasteiger partial charge in [0.1, 0.15) is 0 Å². The molecular formula is C17H25N3O2. The topological polar surface area (TPSA) is 52.7 Å². The van der Waals surface area contributed by atoms with Gasteiger partial charge in [-0.3, -0.25) is 9.59 Å². The maximum absolute atomic E-state index is 12.1. The van der Waals surface area contributed by atoms with Gasteiger partial charge in [-0.25, -0.2) is 0 Å². The van der Waals surface area contributed by atoms with Gasteiger partial charge in [-0.1, -0.05) is 0 Å². The fraction of sp³-hybridized carbons (Fsp3) is 0.529. The zero-order valence-corrected chi connectivity index (χ0v) is 13.7. The van der Waals surface area contributed by atoms with Crippen molar-refractivity contribution in [3.8, 4) is 0 Å². The molecule has 120 valence electrons. The fourth-order valence-electron chi connectivity index (χ4n) is 2.81. The lowest BCUT2D eigenvalue weighted by atomic mass is 10.1. The van der Waals surface area contributed by atoms with Gasteiger partial charge in [0.05, 0.1) is 0 Å². The molecule has 5 heteroatoms. The van der Waals surface area contributed by atoms with E-state index in [1.165, 1.54) is 0 Å². The molecule has 0 aromatic heterocycles. The number of nitrogens with zero attached hydrogens (tertiary/aromatic N) is 2. The summed E-state index contributed by atoms with van der Waals surface area (Å²) >= 11 is 0. The summed E-state index contributed by atoms with van der Waals surface area (Å²) in [6, 6.07) is 5.90. The number of rotatable bonds is 4. The predicted molar refractivity (Wildman–Crippen MR) is 89.2 cm³/mol. The Labute approximate surface area is 132 Å². The Balaban J connectivity index is 2.06. The lowest BCUT2D eigenvalue weighted by Crippen LogP contribution is -2.37. The molecule has 2 rings (SSSR count). The molecule has 5 nitrogen and oxygen atoms in total. The van der Waals surface area contributed by atoms with Crippen LogP contribution in [0.3, 0.4) is 0 Å². The first-order valence-electron chi connectivity index (χ1n) is 8.02. The van der Waals surface area contributed by atoms with Crippen molar-refractivity contribution in [1.82, 2.24) is 4.90 Å². The van der Waals surface area contributed by atoms with Gasteiger partial charge in [-0.05, 0) is 57.4 Å². The van der Waals surface area contributed by atoms with Crippen LogP contribution in [0, 0.1) is 6.92 Å². The second-order valence-corrected chi connectivity index (χ2v) is 5.62. The average Bonchev–Trinajstić information content (AvgIpc) is 3.04. The van der Waals surface area contributed by atoms with Gasteiger partial charge in [0.2, 0.25) is 0 Å². The van der Waals surface area contributed by atoms with E-state index in [9.17, 15) is 9.59 Å². The number of hydrogen-bond acceptors (Lipinski definition) is 3. The number of benzene rings is 1. The first-order chi connectivity index (χ1) is 10.6. The molecular weight excluding hydrogens is 278 g/mol. The van der Waals surface area contributed by atoms with Gasteiger partial charge >= 0.3 is 11.8 Å². The van der Waals surface area contributed by atoms with Crippen LogP contribution in [0.5, 0.6) is 0 Å². The summed E-state index contributed by atoms with van der Waals surface area (Å²) in [7, 11) is 0. The van der Waals surface area contributed by atoms with Crippen molar-refractivity contribution < 1.29 is 9.59 Å². The molecule has 1 N–H and O–H groups in total. The Morgan fingerprint density at radius 1 is 1.18 bits per heavy atom. The van der Waals surface area contributed by atoms with E-state index < -0.39 is 11.8 Å². The van der Waals surface area contributed by atoms with E-state index in [0.717, 1.165) is 37.2 Å². The number of anilines is 2. The molecule has 0 aliphatic carbocycles. The van der Waals surface area contributed by atoms with E-state index in [4.69, 9.17) is 0 Å². The SMILES string of the molecule is CCN(CC)c1ccc(NC(=O)C(=O)N2CCCC2)c(C)c1. The van der Waals surface area contributed by atoms with Crippen molar-refractivity contribution >= 4 is 23.2 Å². The van der Waals surface area contributed by atoms with Crippen molar-refractivity contribution in [2.45, 2.75) is 33.6 Å². The van der Waals surface area contributed by atoms with Gasteiger partial charge in [0, 0.05) is 37.6 Å². The third kappa shape index (κ3) is 3.59. The number of amides is 2. The second kappa shape index (κ2) is 7.29. The molecule has 0 radical (unpaired) electrons. The summed E-state index contributed by atoms with van der Waals surface area (Å²) < 4.78 is 0. The molecule has 1 aliphatic rings. The molecule has 0 spiro atoms. The van der Waals surface area contributed by atoms with Crippen LogP contribution in [0.4, 0.5) is 11.4 Å². The normalized spacial score (nSPS) is 14.0. The molecule has 22 heavy (non-hydrogen) atoms. The first-order valence-corrected chi connectivity index (χ1v) is 8.02. The Hall–Kier alpha value is -2.04. The monoisotopic (exact) mass is 303 g/mol. The van der Waals surface area contributed by atoms with E-state index in [1.807, 2.05) is 25.1 Å². The molecule has 1 heterocycles. The largest absolute Gasteiger partial charge is 0.372 e. The molecule has 0 unspecified atom stereocenters. The maximum Gasteiger partial charge on any atom is 0.313 e. The standard InChI is InChI=1S/C17H25N3O2/c1-4-19(5-2)14-8-9-15(13(3)12-14)18-16(21)17(22)20-10-6-7-11-20/h8-9,12H,4-7,10-11H2,1-3H3,(H,18,21). The number of carbonyl (C=O) groups is 2. The molecule has 0 bridgehead atoms. The third-order valence-corrected chi connectivity index (χ3v) is 4.17. The molecule has 1 fully saturated rings. The molecule has 1 aromatic carbocycles. The quantitative estimate of drug-likeness (QED) is 0.869. The Morgan fingerprint density at radius 2 is 1.82 bits per heavy atom. The molecule has 1 aromatic rings. The highest BCUT2D eigenvalue weighted by atomic mass is 16.2. The maximum atomic E-state index is 12.1. The minimum atomic E-state index is -0.541. The summed E-state index contributed by atoms with van der Waals surface area (Å²) in [5, 5.41) is 2.74. The van der Waals surface area contributed by atoms with Crippen LogP contribution in [0.15, 0.2) is 18.2 Å². The molecule has 1 aliphatic heterocycles. The Morgan fingerprint density at radius 3 is 2.36 bits per heavy atom. The summed E-state index contributed by atoms with van der Waals surface area (Å²) in [5.41, 5.74) is 2.80. The lowest BCUT2D eigenvalue weighted by molar-refractivity contribution is -0.142. The number of nitrogens with one attached hydrogen (secondary N) is 1. The first kappa shape index (κ1) is 16.3. The summed E-state index contributed by atoms with van der Waals surface area (Å²) in [4.78, 5) is 28.0. The van der Waals surface area contributed by atoms with E-state index in [0.29, 0.717) is 18.8 Å². The third-order valence-electron chi connectivity index (χ3n) is 4.17. The molecule has 1 saturated heterocycles. The van der Waals surface area contributed by atoms with E-state index in [1.54, 1.807) is 4.90 Å². The van der Waals surface area contributed by atoms with Gasteiger partial charge in [-0.2, -0.15) is 0 Å². The Kier molecular flexibility index (Phi) is 5.41. The van der Waals surface area contributed by atoms with Crippen LogP contribution in [0.1, 0.15) is 32.3 Å². The van der Waals surface area contributed by atoms with Crippen LogP contribution in [0.25, 0.3) is 0 Å². The van der Waals surface area contributed by atoms with Crippen LogP contribution in [0.2, 0.25) is 0 Å². The molecule has 0 saturated carbocycles. The van der Waals surface area contributed by atoms with Gasteiger partial charge < -0.3 is 15.1 Å². The highest BCUT2D eigenvalue weighted by molar-refractivity contribution is 6.39. The smallest absolute Gasteiger partial charge is 0.313 e. The van der Waals surface area contributed by atoms with Crippen molar-refractivity contribution in [3.05, 3.63) is 23.8 Å². The van der Waals surface area contributed by atoms with Crippen molar-refractivity contribution in [2.75, 3.05) is 36.4 Å². The fourth-order valence-corrected chi connectivity index (χ4v) is 2.81.